The lowest BCUT2D eigenvalue weighted by atomic mass is 9.99. The van der Waals surface area contributed by atoms with E-state index in [-0.39, 0.29) is 30.9 Å². The van der Waals surface area contributed by atoms with Gasteiger partial charge in [0.2, 0.25) is 0 Å². The van der Waals surface area contributed by atoms with Gasteiger partial charge in [-0.15, -0.1) is 31.4 Å². The predicted octanol–water partition coefficient (Wildman–Crippen LogP) is 4.83. The maximum absolute atomic E-state index is 13.0. The second-order valence-electron chi connectivity index (χ2n) is 5.10. The zero-order valence-electron chi connectivity index (χ0n) is 12.4. The van der Waals surface area contributed by atoms with E-state index < -0.39 is 11.7 Å². The van der Waals surface area contributed by atoms with Gasteiger partial charge in [-0.25, -0.2) is 0 Å². The quantitative estimate of drug-likeness (QED) is 0.681. The fourth-order valence-corrected chi connectivity index (χ4v) is 3.13. The highest BCUT2D eigenvalue weighted by Gasteiger charge is 2.32. The van der Waals surface area contributed by atoms with Crippen LogP contribution in [0.5, 0.6) is 0 Å². The molecule has 1 fully saturated rings. The molecule has 0 unspecified atom stereocenters. The second kappa shape index (κ2) is 9.89. The highest BCUT2D eigenvalue weighted by Crippen LogP contribution is 2.35. The summed E-state index contributed by atoms with van der Waals surface area (Å²) in [7, 11) is 0. The summed E-state index contributed by atoms with van der Waals surface area (Å²) in [5.41, 5.74) is 0.0644. The van der Waals surface area contributed by atoms with Crippen molar-refractivity contribution in [2.45, 2.75) is 18.6 Å². The molecule has 1 aliphatic rings. The number of benzene rings is 1. The normalized spacial score (nSPS) is 16.9. The Bertz CT molecular complexity index is 506. The van der Waals surface area contributed by atoms with Crippen molar-refractivity contribution < 1.29 is 13.2 Å². The molecule has 0 aromatic heterocycles. The van der Waals surface area contributed by atoms with Crippen LogP contribution < -0.4 is 5.32 Å². The van der Waals surface area contributed by atoms with E-state index in [4.69, 9.17) is 0 Å². The van der Waals surface area contributed by atoms with Crippen molar-refractivity contribution in [1.29, 1.82) is 0 Å². The van der Waals surface area contributed by atoms with Crippen molar-refractivity contribution in [3.8, 4) is 0 Å². The van der Waals surface area contributed by atoms with Crippen molar-refractivity contribution in [3.63, 3.8) is 0 Å². The molecule has 0 amide bonds. The molecule has 2 rings (SSSR count). The maximum atomic E-state index is 13.0. The van der Waals surface area contributed by atoms with Gasteiger partial charge in [-0.3, -0.25) is 4.90 Å². The molecule has 1 heterocycles. The molecule has 1 aromatic carbocycles. The highest BCUT2D eigenvalue weighted by atomic mass is 79.9. The van der Waals surface area contributed by atoms with E-state index in [1.54, 1.807) is 12.1 Å². The first-order valence-corrected chi connectivity index (χ1v) is 7.64. The van der Waals surface area contributed by atoms with Crippen molar-refractivity contribution in [1.82, 2.24) is 10.2 Å². The third-order valence-corrected chi connectivity index (χ3v) is 4.07. The molecule has 0 bridgehead atoms. The Labute approximate surface area is 155 Å². The van der Waals surface area contributed by atoms with Crippen LogP contribution in [0.3, 0.4) is 0 Å². The van der Waals surface area contributed by atoms with E-state index in [0.29, 0.717) is 16.5 Å². The first-order chi connectivity index (χ1) is 9.91. The lowest BCUT2D eigenvalue weighted by molar-refractivity contribution is -0.137. The molecule has 1 atom stereocenters. The largest absolute Gasteiger partial charge is 0.416 e. The second-order valence-corrected chi connectivity index (χ2v) is 6.01. The zero-order valence-corrected chi connectivity index (χ0v) is 15.6. The molecule has 132 valence electrons. The smallest absolute Gasteiger partial charge is 0.314 e. The Balaban J connectivity index is 0.00000242. The van der Waals surface area contributed by atoms with E-state index in [1.165, 1.54) is 6.07 Å². The van der Waals surface area contributed by atoms with Crippen LogP contribution in [0.4, 0.5) is 13.2 Å². The molecule has 0 saturated carbocycles. The summed E-state index contributed by atoms with van der Waals surface area (Å²) >= 11 is 3.19. The minimum atomic E-state index is -4.33. The van der Waals surface area contributed by atoms with Gasteiger partial charge in [0.25, 0.3) is 0 Å². The van der Waals surface area contributed by atoms with Gasteiger partial charge in [-0.2, -0.15) is 13.2 Å². The number of halogens is 6. The van der Waals surface area contributed by atoms with Gasteiger partial charge in [0.05, 0.1) is 5.56 Å². The Hall–Kier alpha value is -0.270. The third-order valence-electron chi connectivity index (χ3n) is 3.61. The molecule has 1 aromatic rings. The number of nitrogens with one attached hydrogen (secondary N) is 1. The van der Waals surface area contributed by atoms with Crippen LogP contribution in [0, 0.1) is 0 Å². The summed E-state index contributed by atoms with van der Waals surface area (Å²) in [4.78, 5) is 2.21. The molecule has 23 heavy (non-hydrogen) atoms. The minimum absolute atomic E-state index is 0. The molecule has 0 radical (unpaired) electrons. The molecular weight excluding hydrogens is 416 g/mol. The Morgan fingerprint density at radius 1 is 1.22 bits per heavy atom. The molecule has 0 aliphatic carbocycles. The molecule has 1 N–H and O–H groups in total. The van der Waals surface area contributed by atoms with Crippen LogP contribution in [0.1, 0.15) is 23.6 Å². The summed E-state index contributed by atoms with van der Waals surface area (Å²) in [5, 5.41) is 3.25. The van der Waals surface area contributed by atoms with Gasteiger partial charge in [0.1, 0.15) is 0 Å². The fraction of sp³-hybridized carbons (Fsp3) is 0.467. The highest BCUT2D eigenvalue weighted by molar-refractivity contribution is 9.10. The van der Waals surface area contributed by atoms with Crippen LogP contribution >= 0.6 is 40.7 Å². The van der Waals surface area contributed by atoms with Gasteiger partial charge < -0.3 is 5.32 Å². The Morgan fingerprint density at radius 2 is 1.83 bits per heavy atom. The van der Waals surface area contributed by atoms with Crippen LogP contribution in [-0.2, 0) is 6.18 Å². The van der Waals surface area contributed by atoms with E-state index in [1.807, 2.05) is 0 Å². The summed E-state index contributed by atoms with van der Waals surface area (Å²) in [5.74, 6) is 0. The first kappa shape index (κ1) is 22.7. The molecule has 0 spiro atoms. The van der Waals surface area contributed by atoms with Crippen molar-refractivity contribution in [3.05, 3.63) is 46.5 Å². The first-order valence-electron chi connectivity index (χ1n) is 6.85. The van der Waals surface area contributed by atoms with Gasteiger partial charge >= 0.3 is 6.18 Å². The van der Waals surface area contributed by atoms with Gasteiger partial charge in [0, 0.05) is 36.7 Å². The summed E-state index contributed by atoms with van der Waals surface area (Å²) < 4.78 is 39.4. The van der Waals surface area contributed by atoms with Crippen molar-refractivity contribution >= 4 is 40.7 Å². The Morgan fingerprint density at radius 3 is 2.35 bits per heavy atom. The van der Waals surface area contributed by atoms with E-state index in [0.717, 1.165) is 32.2 Å². The van der Waals surface area contributed by atoms with E-state index in [9.17, 15) is 13.2 Å². The lowest BCUT2D eigenvalue weighted by Gasteiger charge is -2.35. The lowest BCUT2D eigenvalue weighted by Crippen LogP contribution is -2.45. The monoisotopic (exact) mass is 434 g/mol. The number of alkyl halides is 3. The van der Waals surface area contributed by atoms with Crippen molar-refractivity contribution in [2.24, 2.45) is 0 Å². The average Bonchev–Trinajstić information content (AvgIpc) is 2.44. The number of piperazine rings is 1. The van der Waals surface area contributed by atoms with Gasteiger partial charge in [-0.1, -0.05) is 22.0 Å². The molecule has 1 aliphatic heterocycles. The zero-order chi connectivity index (χ0) is 15.5. The maximum Gasteiger partial charge on any atom is 0.416 e. The number of nitrogens with zero attached hydrogens (tertiary/aromatic N) is 1. The summed E-state index contributed by atoms with van der Waals surface area (Å²) in [6.45, 7) is 7.10. The number of rotatable bonds is 4. The van der Waals surface area contributed by atoms with Crippen molar-refractivity contribution in [2.75, 3.05) is 26.2 Å². The number of hydrogen-bond acceptors (Lipinski definition) is 2. The summed E-state index contributed by atoms with van der Waals surface area (Å²) in [6.07, 6.45) is -1.94. The van der Waals surface area contributed by atoms with Gasteiger partial charge in [-0.05, 0) is 30.2 Å². The SMILES string of the molecule is C=CC[C@H](c1cc(Br)cc(C(F)(F)F)c1)N1CCNCC1.Cl.Cl. The van der Waals surface area contributed by atoms with Crippen LogP contribution in [0.15, 0.2) is 35.3 Å². The third kappa shape index (κ3) is 6.27. The molecular formula is C15H20BrCl2F3N2. The minimum Gasteiger partial charge on any atom is -0.314 e. The Kier molecular flexibility index (Phi) is 9.77. The van der Waals surface area contributed by atoms with Gasteiger partial charge in [0.15, 0.2) is 0 Å². The topological polar surface area (TPSA) is 15.3 Å². The number of hydrogen-bond donors (Lipinski definition) is 1. The average molecular weight is 436 g/mol. The van der Waals surface area contributed by atoms with E-state index in [2.05, 4.69) is 32.7 Å². The van der Waals surface area contributed by atoms with E-state index >= 15 is 0 Å². The fourth-order valence-electron chi connectivity index (χ4n) is 2.62. The predicted molar refractivity (Wildman–Crippen MR) is 95.6 cm³/mol. The molecule has 1 saturated heterocycles. The van der Waals surface area contributed by atoms with Crippen LogP contribution in [-0.4, -0.2) is 31.1 Å². The molecule has 2 nitrogen and oxygen atoms in total. The van der Waals surface area contributed by atoms with Crippen LogP contribution in [0.25, 0.3) is 0 Å². The summed E-state index contributed by atoms with van der Waals surface area (Å²) in [6, 6.07) is 4.07. The molecule has 8 heteroatoms. The standard InChI is InChI=1S/C15H18BrF3N2.2ClH/c1-2-3-14(21-6-4-20-5-7-21)11-8-12(15(17,18)19)10-13(16)9-11;;/h2,8-10,14,20H,1,3-7H2;2*1H/t14-;;/m1../s1. The van der Waals surface area contributed by atoms with Crippen LogP contribution in [0.2, 0.25) is 0 Å².